The zero-order chi connectivity index (χ0) is 9.14. The minimum Gasteiger partial charge on any atom is -0.345 e. The zero-order valence-electron chi connectivity index (χ0n) is 7.46. The highest BCUT2D eigenvalue weighted by Crippen LogP contribution is 2.08. The first kappa shape index (κ1) is 8.59. The van der Waals surface area contributed by atoms with Crippen LogP contribution in [-0.4, -0.2) is 18.3 Å². The van der Waals surface area contributed by atoms with Crippen molar-refractivity contribution in [1.82, 2.24) is 10.2 Å². The molecule has 3 nitrogen and oxygen atoms in total. The van der Waals surface area contributed by atoms with Gasteiger partial charge in [0.2, 0.25) is 0 Å². The van der Waals surface area contributed by atoms with E-state index in [1.165, 1.54) is 0 Å². The number of aliphatic imine (C=N–C) groups is 1. The summed E-state index contributed by atoms with van der Waals surface area (Å²) in [5, 5.41) is 3.01. The van der Waals surface area contributed by atoms with Crippen molar-refractivity contribution >= 4 is 6.34 Å². The molecule has 12 heavy (non-hydrogen) atoms. The first-order valence-corrected chi connectivity index (χ1v) is 3.70. The monoisotopic (exact) mass is 163 g/mol. The molecule has 1 aliphatic rings. The summed E-state index contributed by atoms with van der Waals surface area (Å²) in [4.78, 5) is 5.98. The van der Waals surface area contributed by atoms with Gasteiger partial charge >= 0.3 is 0 Å². The highest BCUT2D eigenvalue weighted by Gasteiger charge is 2.04. The van der Waals surface area contributed by atoms with Crippen LogP contribution in [0.5, 0.6) is 0 Å². The maximum Gasteiger partial charge on any atom is 0.133 e. The minimum atomic E-state index is 0.783. The van der Waals surface area contributed by atoms with Crippen LogP contribution in [0.3, 0.4) is 0 Å². The number of likely N-dealkylation sites (N-methyl/N-ethyl adjacent to an activating group) is 1. The summed E-state index contributed by atoms with van der Waals surface area (Å²) in [6, 6.07) is 0. The highest BCUT2D eigenvalue weighted by atomic mass is 15.2. The molecular formula is C9H13N3. The Morgan fingerprint density at radius 1 is 1.67 bits per heavy atom. The van der Waals surface area contributed by atoms with Crippen molar-refractivity contribution in [2.24, 2.45) is 4.99 Å². The first-order valence-electron chi connectivity index (χ1n) is 3.70. The van der Waals surface area contributed by atoms with Crippen LogP contribution >= 0.6 is 0 Å². The highest BCUT2D eigenvalue weighted by molar-refractivity contribution is 5.62. The fourth-order valence-electron chi connectivity index (χ4n) is 0.807. The van der Waals surface area contributed by atoms with Crippen molar-refractivity contribution in [1.29, 1.82) is 0 Å². The number of hydrogen-bond donors (Lipinski definition) is 1. The number of allylic oxidation sites excluding steroid dienone is 2. The molecule has 3 heteroatoms. The van der Waals surface area contributed by atoms with E-state index < -0.39 is 0 Å². The Morgan fingerprint density at radius 2 is 2.33 bits per heavy atom. The third kappa shape index (κ3) is 1.99. The topological polar surface area (TPSA) is 27.6 Å². The summed E-state index contributed by atoms with van der Waals surface area (Å²) in [6.45, 7) is 9.45. The van der Waals surface area contributed by atoms with Gasteiger partial charge in [0.1, 0.15) is 5.82 Å². The zero-order valence-corrected chi connectivity index (χ0v) is 7.46. The Hall–Kier alpha value is -1.51. The Kier molecular flexibility index (Phi) is 2.33. The van der Waals surface area contributed by atoms with Gasteiger partial charge in [-0.15, -0.1) is 0 Å². The molecule has 0 radical (unpaired) electrons. The summed E-state index contributed by atoms with van der Waals surface area (Å²) < 4.78 is 0. The van der Waals surface area contributed by atoms with E-state index in [0.29, 0.717) is 0 Å². The molecule has 0 aliphatic carbocycles. The maximum atomic E-state index is 4.13. The SMILES string of the molecule is C=C(C)NC1=CC(=C)N(C)C=N1. The predicted molar refractivity (Wildman–Crippen MR) is 51.4 cm³/mol. The Balaban J connectivity index is 2.70. The van der Waals surface area contributed by atoms with Gasteiger partial charge in [-0.2, -0.15) is 0 Å². The second-order valence-corrected chi connectivity index (χ2v) is 2.78. The molecule has 1 aliphatic heterocycles. The van der Waals surface area contributed by atoms with Crippen molar-refractivity contribution in [2.45, 2.75) is 6.92 Å². The van der Waals surface area contributed by atoms with E-state index in [1.807, 2.05) is 24.9 Å². The van der Waals surface area contributed by atoms with Crippen molar-refractivity contribution in [3.8, 4) is 0 Å². The van der Waals surface area contributed by atoms with E-state index in [9.17, 15) is 0 Å². The summed E-state index contributed by atoms with van der Waals surface area (Å²) in [5.74, 6) is 0.783. The van der Waals surface area contributed by atoms with E-state index in [-0.39, 0.29) is 0 Å². The van der Waals surface area contributed by atoms with Gasteiger partial charge in [0.05, 0.1) is 6.34 Å². The van der Waals surface area contributed by atoms with Gasteiger partial charge in [-0.25, -0.2) is 4.99 Å². The van der Waals surface area contributed by atoms with Gasteiger partial charge in [0.15, 0.2) is 0 Å². The normalized spacial score (nSPS) is 16.0. The van der Waals surface area contributed by atoms with Gasteiger partial charge in [0, 0.05) is 24.5 Å². The summed E-state index contributed by atoms with van der Waals surface area (Å²) in [7, 11) is 1.90. The molecule has 0 amide bonds. The lowest BCUT2D eigenvalue weighted by Gasteiger charge is -2.19. The van der Waals surface area contributed by atoms with Crippen molar-refractivity contribution < 1.29 is 0 Å². The lowest BCUT2D eigenvalue weighted by atomic mass is 10.3. The van der Waals surface area contributed by atoms with Crippen molar-refractivity contribution in [2.75, 3.05) is 7.05 Å². The molecular weight excluding hydrogens is 150 g/mol. The van der Waals surface area contributed by atoms with Crippen LogP contribution in [-0.2, 0) is 0 Å². The molecule has 1 heterocycles. The molecule has 0 saturated carbocycles. The Morgan fingerprint density at radius 3 is 2.83 bits per heavy atom. The van der Waals surface area contributed by atoms with Gasteiger partial charge in [0.25, 0.3) is 0 Å². The molecule has 0 fully saturated rings. The molecule has 0 atom stereocenters. The summed E-state index contributed by atoms with van der Waals surface area (Å²) >= 11 is 0. The van der Waals surface area contributed by atoms with E-state index in [1.54, 1.807) is 6.34 Å². The minimum absolute atomic E-state index is 0.783. The molecule has 1 N–H and O–H groups in total. The van der Waals surface area contributed by atoms with Crippen LogP contribution in [0.25, 0.3) is 0 Å². The van der Waals surface area contributed by atoms with E-state index in [2.05, 4.69) is 23.5 Å². The van der Waals surface area contributed by atoms with E-state index in [0.717, 1.165) is 17.2 Å². The van der Waals surface area contributed by atoms with Crippen LogP contribution in [0.1, 0.15) is 6.92 Å². The molecule has 0 aromatic heterocycles. The molecule has 0 bridgehead atoms. The molecule has 0 unspecified atom stereocenters. The smallest absolute Gasteiger partial charge is 0.133 e. The van der Waals surface area contributed by atoms with Crippen LogP contribution in [0.15, 0.2) is 41.4 Å². The average Bonchev–Trinajstić information content (AvgIpc) is 1.96. The van der Waals surface area contributed by atoms with Gasteiger partial charge < -0.3 is 10.2 Å². The Bertz CT molecular complexity index is 273. The second-order valence-electron chi connectivity index (χ2n) is 2.78. The third-order valence-electron chi connectivity index (χ3n) is 1.47. The lowest BCUT2D eigenvalue weighted by Crippen LogP contribution is -2.20. The number of nitrogens with one attached hydrogen (secondary N) is 1. The molecule has 0 aromatic rings. The van der Waals surface area contributed by atoms with Crippen LogP contribution in [0, 0.1) is 0 Å². The molecule has 0 spiro atoms. The predicted octanol–water partition coefficient (Wildman–Crippen LogP) is 1.44. The van der Waals surface area contributed by atoms with Gasteiger partial charge in [-0.05, 0) is 6.92 Å². The van der Waals surface area contributed by atoms with Crippen LogP contribution in [0.2, 0.25) is 0 Å². The Labute approximate surface area is 72.8 Å². The second kappa shape index (κ2) is 3.26. The molecule has 0 aromatic carbocycles. The first-order chi connectivity index (χ1) is 5.59. The average molecular weight is 163 g/mol. The fourth-order valence-corrected chi connectivity index (χ4v) is 0.807. The van der Waals surface area contributed by atoms with Gasteiger partial charge in [-0.3, -0.25) is 0 Å². The lowest BCUT2D eigenvalue weighted by molar-refractivity contribution is 0.653. The van der Waals surface area contributed by atoms with Crippen molar-refractivity contribution in [3.63, 3.8) is 0 Å². The third-order valence-corrected chi connectivity index (χ3v) is 1.47. The number of rotatable bonds is 2. The fraction of sp³-hybridized carbons (Fsp3) is 0.222. The number of nitrogens with zero attached hydrogens (tertiary/aromatic N) is 2. The molecule has 1 rings (SSSR count). The molecule has 64 valence electrons. The summed E-state index contributed by atoms with van der Waals surface area (Å²) in [5.41, 5.74) is 1.78. The van der Waals surface area contributed by atoms with E-state index in [4.69, 9.17) is 0 Å². The van der Waals surface area contributed by atoms with Crippen LogP contribution < -0.4 is 5.32 Å². The maximum absolute atomic E-state index is 4.13. The van der Waals surface area contributed by atoms with Crippen LogP contribution in [0.4, 0.5) is 0 Å². The largest absolute Gasteiger partial charge is 0.345 e. The van der Waals surface area contributed by atoms with Crippen molar-refractivity contribution in [3.05, 3.63) is 36.4 Å². The number of hydrogen-bond acceptors (Lipinski definition) is 3. The molecule has 0 saturated heterocycles. The summed E-state index contributed by atoms with van der Waals surface area (Å²) in [6.07, 6.45) is 3.59. The quantitative estimate of drug-likeness (QED) is 0.667. The van der Waals surface area contributed by atoms with Gasteiger partial charge in [-0.1, -0.05) is 13.2 Å². The standard InChI is InChI=1S/C9H13N3/c1-7(2)11-9-5-8(3)12(4)6-10-9/h5-6,11H,1,3H2,2,4H3. The van der Waals surface area contributed by atoms with E-state index >= 15 is 0 Å².